The van der Waals surface area contributed by atoms with Crippen molar-refractivity contribution in [3.8, 4) is 0 Å². The van der Waals surface area contributed by atoms with E-state index < -0.39 is 0 Å². The van der Waals surface area contributed by atoms with Gasteiger partial charge in [0.2, 0.25) is 11.8 Å². The number of hydrogen-bond donors (Lipinski definition) is 0. The molecule has 0 spiro atoms. The normalized spacial score (nSPS) is 14.5. The van der Waals surface area contributed by atoms with Gasteiger partial charge < -0.3 is 14.5 Å². The molecule has 2 heterocycles. The van der Waals surface area contributed by atoms with Crippen LogP contribution in [0.2, 0.25) is 0 Å². The fraction of sp³-hybridized carbons (Fsp3) is 0.524. The van der Waals surface area contributed by atoms with E-state index in [1.807, 2.05) is 0 Å². The summed E-state index contributed by atoms with van der Waals surface area (Å²) >= 11 is 0. The first-order valence-electron chi connectivity index (χ1n) is 10.4. The van der Waals surface area contributed by atoms with E-state index in [0.29, 0.717) is 43.4 Å². The summed E-state index contributed by atoms with van der Waals surface area (Å²) in [5.74, 6) is -0.823. The molecule has 2 amide bonds. The summed E-state index contributed by atoms with van der Waals surface area (Å²) in [6.45, 7) is 3.08. The first kappa shape index (κ1) is 22.4. The maximum Gasteiger partial charge on any atom is 0.309 e. The molecule has 1 aromatic heterocycles. The standard InChI is InChI=1S/C21H27N5O5/c1-3-31-21(30)15-8-11-25(12-9-15)19(28)14-24(2)18(27)10-13-26-20(29)16-6-4-5-7-17(16)22-23-26/h4-7,15H,3,8-14H2,1-2H3. The van der Waals surface area contributed by atoms with Crippen LogP contribution in [0.1, 0.15) is 26.2 Å². The maximum absolute atomic E-state index is 12.5. The average molecular weight is 429 g/mol. The van der Waals surface area contributed by atoms with Gasteiger partial charge >= 0.3 is 5.97 Å². The second kappa shape index (κ2) is 10.1. The zero-order valence-electron chi connectivity index (χ0n) is 17.8. The van der Waals surface area contributed by atoms with Crippen LogP contribution in [-0.4, -0.2) is 75.9 Å². The van der Waals surface area contributed by atoms with Crippen molar-refractivity contribution in [1.29, 1.82) is 0 Å². The van der Waals surface area contributed by atoms with E-state index in [1.165, 1.54) is 4.90 Å². The second-order valence-corrected chi connectivity index (χ2v) is 7.54. The summed E-state index contributed by atoms with van der Waals surface area (Å²) in [5, 5.41) is 8.32. The van der Waals surface area contributed by atoms with Gasteiger partial charge in [-0.1, -0.05) is 17.3 Å². The number of fused-ring (bicyclic) bond motifs is 1. The molecule has 1 saturated heterocycles. The molecule has 0 N–H and O–H groups in total. The SMILES string of the molecule is CCOC(=O)C1CCN(C(=O)CN(C)C(=O)CCn2nnc3ccccc3c2=O)CC1. The lowest BCUT2D eigenvalue weighted by molar-refractivity contribution is -0.151. The van der Waals surface area contributed by atoms with Crippen LogP contribution < -0.4 is 5.56 Å². The minimum absolute atomic E-state index is 0.0294. The number of hydrogen-bond acceptors (Lipinski definition) is 7. The van der Waals surface area contributed by atoms with Crippen molar-refractivity contribution in [2.75, 3.05) is 33.3 Å². The van der Waals surface area contributed by atoms with E-state index in [9.17, 15) is 19.2 Å². The van der Waals surface area contributed by atoms with Crippen LogP contribution in [0.5, 0.6) is 0 Å². The number of esters is 1. The molecule has 10 nitrogen and oxygen atoms in total. The number of benzene rings is 1. The monoisotopic (exact) mass is 429 g/mol. The Labute approximate surface area is 179 Å². The Kier molecular flexibility index (Phi) is 7.32. The number of carbonyl (C=O) groups excluding carboxylic acids is 3. The fourth-order valence-corrected chi connectivity index (χ4v) is 3.58. The van der Waals surface area contributed by atoms with Crippen LogP contribution in [0.3, 0.4) is 0 Å². The van der Waals surface area contributed by atoms with E-state index >= 15 is 0 Å². The molecule has 3 rings (SSSR count). The highest BCUT2D eigenvalue weighted by atomic mass is 16.5. The Bertz CT molecular complexity index is 1010. The lowest BCUT2D eigenvalue weighted by Crippen LogP contribution is -2.45. The molecule has 0 radical (unpaired) electrons. The topological polar surface area (TPSA) is 115 Å². The Morgan fingerprint density at radius 1 is 1.19 bits per heavy atom. The number of piperidine rings is 1. The Morgan fingerprint density at radius 2 is 1.90 bits per heavy atom. The summed E-state index contributed by atoms with van der Waals surface area (Å²) in [7, 11) is 1.56. The summed E-state index contributed by atoms with van der Waals surface area (Å²) in [5.41, 5.74) is 0.200. The van der Waals surface area contributed by atoms with E-state index in [0.717, 1.165) is 4.68 Å². The molecule has 0 bridgehead atoms. The van der Waals surface area contributed by atoms with Crippen molar-refractivity contribution in [2.24, 2.45) is 5.92 Å². The number of likely N-dealkylation sites (N-methyl/N-ethyl adjacent to an activating group) is 1. The number of aromatic nitrogens is 3. The van der Waals surface area contributed by atoms with Gasteiger partial charge in [-0.05, 0) is 31.9 Å². The predicted molar refractivity (Wildman–Crippen MR) is 112 cm³/mol. The lowest BCUT2D eigenvalue weighted by Gasteiger charge is -2.32. The van der Waals surface area contributed by atoms with Gasteiger partial charge in [-0.15, -0.1) is 5.10 Å². The molecule has 166 valence electrons. The van der Waals surface area contributed by atoms with Gasteiger partial charge in [-0.3, -0.25) is 19.2 Å². The largest absolute Gasteiger partial charge is 0.466 e. The number of ether oxygens (including phenoxy) is 1. The number of nitrogens with zero attached hydrogens (tertiary/aromatic N) is 5. The molecule has 1 aliphatic rings. The molecule has 10 heteroatoms. The van der Waals surface area contributed by atoms with Gasteiger partial charge in [0.15, 0.2) is 0 Å². The van der Waals surface area contributed by atoms with Crippen molar-refractivity contribution in [1.82, 2.24) is 24.8 Å². The maximum atomic E-state index is 12.5. The first-order valence-corrected chi connectivity index (χ1v) is 10.4. The number of likely N-dealkylation sites (tertiary alicyclic amines) is 1. The van der Waals surface area contributed by atoms with Gasteiger partial charge in [0.1, 0.15) is 5.52 Å². The predicted octanol–water partition coefficient (Wildman–Crippen LogP) is 0.442. The highest BCUT2D eigenvalue weighted by Gasteiger charge is 2.28. The van der Waals surface area contributed by atoms with E-state index in [-0.39, 0.29) is 48.8 Å². The summed E-state index contributed by atoms with van der Waals surface area (Å²) in [6.07, 6.45) is 1.15. The number of amides is 2. The van der Waals surface area contributed by atoms with Gasteiger partial charge in [0, 0.05) is 26.6 Å². The molecule has 0 aliphatic carbocycles. The molecule has 31 heavy (non-hydrogen) atoms. The van der Waals surface area contributed by atoms with Gasteiger partial charge in [0.05, 0.1) is 31.0 Å². The molecule has 1 fully saturated rings. The second-order valence-electron chi connectivity index (χ2n) is 7.54. The molecule has 1 aromatic carbocycles. The molecular weight excluding hydrogens is 402 g/mol. The molecule has 0 saturated carbocycles. The molecule has 2 aromatic rings. The number of carbonyl (C=O) groups is 3. The smallest absolute Gasteiger partial charge is 0.309 e. The Hall–Kier alpha value is -3.30. The highest BCUT2D eigenvalue weighted by molar-refractivity contribution is 5.85. The molecule has 0 atom stereocenters. The van der Waals surface area contributed by atoms with Crippen LogP contribution in [0.15, 0.2) is 29.1 Å². The van der Waals surface area contributed by atoms with E-state index in [4.69, 9.17) is 4.74 Å². The lowest BCUT2D eigenvalue weighted by atomic mass is 9.97. The zero-order valence-corrected chi connectivity index (χ0v) is 17.8. The third kappa shape index (κ3) is 5.44. The van der Waals surface area contributed by atoms with Crippen molar-refractivity contribution < 1.29 is 19.1 Å². The van der Waals surface area contributed by atoms with E-state index in [1.54, 1.807) is 43.1 Å². The Balaban J connectivity index is 1.49. The van der Waals surface area contributed by atoms with Crippen LogP contribution >= 0.6 is 0 Å². The van der Waals surface area contributed by atoms with Crippen LogP contribution in [0.4, 0.5) is 0 Å². The number of rotatable bonds is 7. The third-order valence-corrected chi connectivity index (χ3v) is 5.43. The third-order valence-electron chi connectivity index (χ3n) is 5.43. The van der Waals surface area contributed by atoms with Gasteiger partial charge in [-0.25, -0.2) is 4.68 Å². The van der Waals surface area contributed by atoms with Crippen molar-refractivity contribution >= 4 is 28.7 Å². The van der Waals surface area contributed by atoms with Crippen molar-refractivity contribution in [3.05, 3.63) is 34.6 Å². The first-order chi connectivity index (χ1) is 14.9. The summed E-state index contributed by atoms with van der Waals surface area (Å²) in [6, 6.07) is 6.89. The average Bonchev–Trinajstić information content (AvgIpc) is 2.78. The summed E-state index contributed by atoms with van der Waals surface area (Å²) in [4.78, 5) is 52.3. The Morgan fingerprint density at radius 3 is 2.61 bits per heavy atom. The highest BCUT2D eigenvalue weighted by Crippen LogP contribution is 2.19. The summed E-state index contributed by atoms with van der Waals surface area (Å²) < 4.78 is 6.20. The minimum Gasteiger partial charge on any atom is -0.466 e. The molecule has 1 aliphatic heterocycles. The van der Waals surface area contributed by atoms with Gasteiger partial charge in [0.25, 0.3) is 5.56 Å². The van der Waals surface area contributed by atoms with Crippen molar-refractivity contribution in [3.63, 3.8) is 0 Å². The fourth-order valence-electron chi connectivity index (χ4n) is 3.58. The van der Waals surface area contributed by atoms with Crippen molar-refractivity contribution in [2.45, 2.75) is 32.7 Å². The number of aryl methyl sites for hydroxylation is 1. The zero-order chi connectivity index (χ0) is 22.4. The molecule has 0 unspecified atom stereocenters. The molecular formula is C21H27N5O5. The van der Waals surface area contributed by atoms with E-state index in [2.05, 4.69) is 10.3 Å². The van der Waals surface area contributed by atoms with Crippen LogP contribution in [-0.2, 0) is 25.7 Å². The quantitative estimate of drug-likeness (QED) is 0.587. The minimum atomic E-state index is -0.304. The van der Waals surface area contributed by atoms with Crippen LogP contribution in [0.25, 0.3) is 10.9 Å². The van der Waals surface area contributed by atoms with Crippen LogP contribution in [0, 0.1) is 5.92 Å². The van der Waals surface area contributed by atoms with Gasteiger partial charge in [-0.2, -0.15) is 0 Å².